The van der Waals surface area contributed by atoms with Gasteiger partial charge in [0.15, 0.2) is 0 Å². The van der Waals surface area contributed by atoms with Crippen molar-refractivity contribution in [3.63, 3.8) is 0 Å². The fourth-order valence-electron chi connectivity index (χ4n) is 3.97. The third-order valence-electron chi connectivity index (χ3n) is 5.65. The monoisotopic (exact) mass is 535 g/mol. The van der Waals surface area contributed by atoms with Gasteiger partial charge in [-0.2, -0.15) is 0 Å². The van der Waals surface area contributed by atoms with Crippen molar-refractivity contribution in [1.82, 2.24) is 15.5 Å². The summed E-state index contributed by atoms with van der Waals surface area (Å²) in [5, 5.41) is 5.24. The van der Waals surface area contributed by atoms with Crippen molar-refractivity contribution in [1.29, 1.82) is 0 Å². The summed E-state index contributed by atoms with van der Waals surface area (Å²) in [6.45, 7) is 8.28. The number of amides is 3. The van der Waals surface area contributed by atoms with E-state index >= 15 is 0 Å². The lowest BCUT2D eigenvalue weighted by Gasteiger charge is -2.37. The zero-order valence-corrected chi connectivity index (χ0v) is 23.3. The highest BCUT2D eigenvalue weighted by Crippen LogP contribution is 2.28. The van der Waals surface area contributed by atoms with Gasteiger partial charge in [0.1, 0.15) is 24.2 Å². The Morgan fingerprint density at radius 1 is 1.00 bits per heavy atom. The quantitative estimate of drug-likeness (QED) is 0.356. The van der Waals surface area contributed by atoms with E-state index in [2.05, 4.69) is 21.3 Å². The standard InChI is InChI=1S/C30H37N3O6/c1-8-22-16-12-13-17-23(22)26(27(35)31-19-25(34)38-7)33(20(2)3)28(36)24(18-21-14-10-9-11-15-21)32-29(37)39-30(4,5)6/h1,9-17,20,24,26H,18-19H2,2-7H3,(H,31,35)(H,32,37). The van der Waals surface area contributed by atoms with Gasteiger partial charge in [-0.15, -0.1) is 6.42 Å². The van der Waals surface area contributed by atoms with Crippen LogP contribution in [0.5, 0.6) is 0 Å². The molecule has 2 unspecified atom stereocenters. The molecule has 2 aromatic carbocycles. The Balaban J connectivity index is 2.58. The second kappa shape index (κ2) is 14.0. The first-order valence-electron chi connectivity index (χ1n) is 12.6. The van der Waals surface area contributed by atoms with Crippen molar-refractivity contribution < 1.29 is 28.7 Å². The second-order valence-corrected chi connectivity index (χ2v) is 10.2. The number of terminal acetylenes is 1. The topological polar surface area (TPSA) is 114 Å². The molecule has 2 aromatic rings. The first-order valence-corrected chi connectivity index (χ1v) is 12.6. The predicted molar refractivity (Wildman–Crippen MR) is 147 cm³/mol. The molecule has 39 heavy (non-hydrogen) atoms. The highest BCUT2D eigenvalue weighted by atomic mass is 16.6. The molecule has 2 rings (SSSR count). The number of hydrogen-bond donors (Lipinski definition) is 2. The third kappa shape index (κ3) is 9.18. The molecular formula is C30H37N3O6. The number of nitrogens with zero attached hydrogens (tertiary/aromatic N) is 1. The van der Waals surface area contributed by atoms with Crippen molar-refractivity contribution in [2.75, 3.05) is 13.7 Å². The van der Waals surface area contributed by atoms with Crippen molar-refractivity contribution in [2.45, 2.75) is 64.8 Å². The van der Waals surface area contributed by atoms with Crippen LogP contribution in [0, 0.1) is 12.3 Å². The molecule has 0 bridgehead atoms. The van der Waals surface area contributed by atoms with Gasteiger partial charge in [-0.3, -0.25) is 14.4 Å². The number of hydrogen-bond acceptors (Lipinski definition) is 6. The molecule has 9 nitrogen and oxygen atoms in total. The lowest BCUT2D eigenvalue weighted by atomic mass is 9.95. The summed E-state index contributed by atoms with van der Waals surface area (Å²) < 4.78 is 10.1. The van der Waals surface area contributed by atoms with Crippen LogP contribution in [0.15, 0.2) is 54.6 Å². The molecule has 0 heterocycles. The van der Waals surface area contributed by atoms with Crippen LogP contribution in [0.3, 0.4) is 0 Å². The minimum absolute atomic E-state index is 0.148. The summed E-state index contributed by atoms with van der Waals surface area (Å²) in [4.78, 5) is 53.7. The number of rotatable bonds is 10. The van der Waals surface area contributed by atoms with E-state index in [1.54, 1.807) is 58.9 Å². The summed E-state index contributed by atoms with van der Waals surface area (Å²) in [6.07, 6.45) is 5.12. The molecule has 0 fully saturated rings. The highest BCUT2D eigenvalue weighted by molar-refractivity contribution is 5.94. The molecule has 0 saturated heterocycles. The number of carbonyl (C=O) groups is 4. The number of esters is 1. The van der Waals surface area contributed by atoms with Crippen LogP contribution in [0.4, 0.5) is 4.79 Å². The fourth-order valence-corrected chi connectivity index (χ4v) is 3.97. The maximum Gasteiger partial charge on any atom is 0.408 e. The zero-order chi connectivity index (χ0) is 29.2. The van der Waals surface area contributed by atoms with Crippen molar-refractivity contribution in [3.05, 3.63) is 71.3 Å². The van der Waals surface area contributed by atoms with Gasteiger partial charge in [0.25, 0.3) is 0 Å². The van der Waals surface area contributed by atoms with Gasteiger partial charge >= 0.3 is 12.1 Å². The summed E-state index contributed by atoms with van der Waals surface area (Å²) in [7, 11) is 1.21. The summed E-state index contributed by atoms with van der Waals surface area (Å²) in [5.74, 6) is 0.770. The zero-order valence-electron chi connectivity index (χ0n) is 23.3. The molecule has 0 aliphatic carbocycles. The highest BCUT2D eigenvalue weighted by Gasteiger charge is 2.38. The molecule has 0 aliphatic heterocycles. The molecule has 0 saturated carbocycles. The van der Waals surface area contributed by atoms with E-state index in [1.165, 1.54) is 12.0 Å². The second-order valence-electron chi connectivity index (χ2n) is 10.2. The van der Waals surface area contributed by atoms with Crippen molar-refractivity contribution in [2.24, 2.45) is 0 Å². The molecule has 208 valence electrons. The number of carbonyl (C=O) groups excluding carboxylic acids is 4. The van der Waals surface area contributed by atoms with Gasteiger partial charge in [0.2, 0.25) is 11.8 Å². The molecule has 9 heteroatoms. The van der Waals surface area contributed by atoms with E-state index in [9.17, 15) is 19.2 Å². The molecule has 3 amide bonds. The number of methoxy groups -OCH3 is 1. The molecule has 2 N–H and O–H groups in total. The summed E-state index contributed by atoms with van der Waals surface area (Å²) >= 11 is 0. The Morgan fingerprint density at radius 3 is 2.18 bits per heavy atom. The number of benzene rings is 2. The van der Waals surface area contributed by atoms with Crippen LogP contribution >= 0.6 is 0 Å². The third-order valence-corrected chi connectivity index (χ3v) is 5.65. The van der Waals surface area contributed by atoms with E-state index in [4.69, 9.17) is 11.2 Å². The molecule has 0 radical (unpaired) electrons. The minimum Gasteiger partial charge on any atom is -0.468 e. The van der Waals surface area contributed by atoms with Gasteiger partial charge < -0.3 is 25.0 Å². The minimum atomic E-state index is -1.20. The van der Waals surface area contributed by atoms with Crippen molar-refractivity contribution >= 4 is 23.9 Å². The molecule has 0 aromatic heterocycles. The lowest BCUT2D eigenvalue weighted by molar-refractivity contribution is -0.146. The normalized spacial score (nSPS) is 12.5. The Hall–Kier alpha value is -4.32. The molecule has 0 aliphatic rings. The van der Waals surface area contributed by atoms with Crippen molar-refractivity contribution in [3.8, 4) is 12.3 Å². The van der Waals surface area contributed by atoms with Crippen LogP contribution in [0.2, 0.25) is 0 Å². The van der Waals surface area contributed by atoms with Crippen LogP contribution in [-0.4, -0.2) is 60.1 Å². The number of ether oxygens (including phenoxy) is 2. The average Bonchev–Trinajstić information content (AvgIpc) is 2.88. The van der Waals surface area contributed by atoms with Gasteiger partial charge in [-0.05, 0) is 51.8 Å². The van der Waals surface area contributed by atoms with Gasteiger partial charge in [-0.25, -0.2) is 4.79 Å². The van der Waals surface area contributed by atoms with Gasteiger partial charge in [-0.1, -0.05) is 54.5 Å². The predicted octanol–water partition coefficient (Wildman–Crippen LogP) is 3.37. The Bertz CT molecular complexity index is 1200. The SMILES string of the molecule is C#Cc1ccccc1C(C(=O)NCC(=O)OC)N(C(=O)C(Cc1ccccc1)NC(=O)OC(C)(C)C)C(C)C. The Labute approximate surface area is 230 Å². The van der Waals surface area contributed by atoms with E-state index in [0.717, 1.165) is 5.56 Å². The lowest BCUT2D eigenvalue weighted by Crippen LogP contribution is -2.56. The smallest absolute Gasteiger partial charge is 0.408 e. The average molecular weight is 536 g/mol. The molecule has 2 atom stereocenters. The molecule has 0 spiro atoms. The van der Waals surface area contributed by atoms with Crippen LogP contribution < -0.4 is 10.6 Å². The first kappa shape index (κ1) is 30.9. The first-order chi connectivity index (χ1) is 18.4. The van der Waals surface area contributed by atoms with E-state index in [1.807, 2.05) is 30.3 Å². The largest absolute Gasteiger partial charge is 0.468 e. The Kier molecular flexibility index (Phi) is 11.1. The van der Waals surface area contributed by atoms with Crippen LogP contribution in [-0.2, 0) is 30.3 Å². The maximum absolute atomic E-state index is 14.2. The number of alkyl carbamates (subject to hydrolysis) is 1. The Morgan fingerprint density at radius 2 is 1.62 bits per heavy atom. The van der Waals surface area contributed by atoms with Crippen LogP contribution in [0.25, 0.3) is 0 Å². The maximum atomic E-state index is 14.2. The van der Waals surface area contributed by atoms with E-state index in [-0.39, 0.29) is 6.42 Å². The van der Waals surface area contributed by atoms with Gasteiger partial charge in [0, 0.05) is 18.0 Å². The number of nitrogens with one attached hydrogen (secondary N) is 2. The molecular weight excluding hydrogens is 498 g/mol. The van der Waals surface area contributed by atoms with Crippen LogP contribution in [0.1, 0.15) is 57.4 Å². The fraction of sp³-hybridized carbons (Fsp3) is 0.400. The summed E-state index contributed by atoms with van der Waals surface area (Å²) in [5.41, 5.74) is 0.824. The van der Waals surface area contributed by atoms with Gasteiger partial charge in [0.05, 0.1) is 7.11 Å². The summed E-state index contributed by atoms with van der Waals surface area (Å²) in [6, 6.07) is 13.2. The van der Waals surface area contributed by atoms with E-state index < -0.39 is 54.1 Å². The van der Waals surface area contributed by atoms with E-state index in [0.29, 0.717) is 11.1 Å².